The van der Waals surface area contributed by atoms with Crippen molar-refractivity contribution < 1.29 is 19.0 Å². The van der Waals surface area contributed by atoms with Crippen LogP contribution < -0.4 is 15.4 Å². The average molecular weight is 348 g/mol. The van der Waals surface area contributed by atoms with Gasteiger partial charge >= 0.3 is 0 Å². The second kappa shape index (κ2) is 8.17. The molecule has 1 saturated carbocycles. The van der Waals surface area contributed by atoms with Gasteiger partial charge in [-0.25, -0.2) is 0 Å². The summed E-state index contributed by atoms with van der Waals surface area (Å²) in [6, 6.07) is 7.66. The van der Waals surface area contributed by atoms with Crippen LogP contribution in [0.3, 0.4) is 0 Å². The van der Waals surface area contributed by atoms with E-state index in [9.17, 15) is 4.79 Å². The first kappa shape index (κ1) is 18.2. The molecule has 2 fully saturated rings. The minimum atomic E-state index is -0.0350. The fraction of sp³-hybridized carbons (Fsp3) is 0.632. The SMILES string of the molecule is CCO[C@@H]1C[C@H](NCC(=O)Nc2ccc(OC)cc2)C12CCOCC2. The zero-order valence-corrected chi connectivity index (χ0v) is 15.0. The van der Waals surface area contributed by atoms with Crippen LogP contribution in [0.2, 0.25) is 0 Å². The van der Waals surface area contributed by atoms with Crippen molar-refractivity contribution in [2.75, 3.05) is 38.8 Å². The van der Waals surface area contributed by atoms with Gasteiger partial charge in [-0.1, -0.05) is 0 Å². The molecule has 2 atom stereocenters. The van der Waals surface area contributed by atoms with Crippen molar-refractivity contribution in [2.24, 2.45) is 5.41 Å². The second-order valence-electron chi connectivity index (χ2n) is 6.74. The minimum absolute atomic E-state index is 0.0350. The summed E-state index contributed by atoms with van der Waals surface area (Å²) in [6.45, 7) is 4.63. The number of anilines is 1. The quantitative estimate of drug-likeness (QED) is 0.791. The van der Waals surface area contributed by atoms with Gasteiger partial charge in [-0.2, -0.15) is 0 Å². The highest BCUT2D eigenvalue weighted by Gasteiger charge is 2.55. The van der Waals surface area contributed by atoms with E-state index in [0.717, 1.165) is 50.5 Å². The van der Waals surface area contributed by atoms with Crippen molar-refractivity contribution >= 4 is 11.6 Å². The molecule has 2 aliphatic rings. The molecule has 25 heavy (non-hydrogen) atoms. The molecule has 0 bridgehead atoms. The molecule has 0 unspecified atom stereocenters. The lowest BCUT2D eigenvalue weighted by Gasteiger charge is -2.57. The fourth-order valence-corrected chi connectivity index (χ4v) is 3.99. The smallest absolute Gasteiger partial charge is 0.238 e. The lowest BCUT2D eigenvalue weighted by molar-refractivity contribution is -0.173. The topological polar surface area (TPSA) is 68.8 Å². The Bertz CT molecular complexity index is 569. The maximum Gasteiger partial charge on any atom is 0.238 e. The van der Waals surface area contributed by atoms with Crippen LogP contribution in [0.25, 0.3) is 0 Å². The summed E-state index contributed by atoms with van der Waals surface area (Å²) in [5, 5.41) is 6.35. The van der Waals surface area contributed by atoms with E-state index in [0.29, 0.717) is 12.6 Å². The number of methoxy groups -OCH3 is 1. The largest absolute Gasteiger partial charge is 0.497 e. The highest BCUT2D eigenvalue weighted by atomic mass is 16.5. The zero-order chi connectivity index (χ0) is 17.7. The maximum atomic E-state index is 12.2. The molecule has 1 aromatic rings. The van der Waals surface area contributed by atoms with Crippen molar-refractivity contribution in [3.63, 3.8) is 0 Å². The first-order valence-electron chi connectivity index (χ1n) is 9.04. The molecule has 1 amide bonds. The molecule has 1 heterocycles. The number of amides is 1. The predicted octanol–water partition coefficient (Wildman–Crippen LogP) is 2.20. The van der Waals surface area contributed by atoms with Crippen LogP contribution in [0.1, 0.15) is 26.2 Å². The van der Waals surface area contributed by atoms with Gasteiger partial charge in [-0.05, 0) is 50.5 Å². The molecule has 3 rings (SSSR count). The Morgan fingerprint density at radius 3 is 2.64 bits per heavy atom. The number of benzene rings is 1. The van der Waals surface area contributed by atoms with E-state index in [1.165, 1.54) is 0 Å². The number of hydrogen-bond acceptors (Lipinski definition) is 5. The Morgan fingerprint density at radius 2 is 2.00 bits per heavy atom. The Hall–Kier alpha value is -1.63. The number of carbonyl (C=O) groups is 1. The third-order valence-electron chi connectivity index (χ3n) is 5.46. The van der Waals surface area contributed by atoms with Crippen LogP contribution in [0.15, 0.2) is 24.3 Å². The van der Waals surface area contributed by atoms with Crippen LogP contribution in [0.5, 0.6) is 5.75 Å². The van der Waals surface area contributed by atoms with Gasteiger partial charge in [0.05, 0.1) is 19.8 Å². The Labute approximate surface area is 149 Å². The fourth-order valence-electron chi connectivity index (χ4n) is 3.99. The van der Waals surface area contributed by atoms with Crippen LogP contribution in [-0.4, -0.2) is 51.5 Å². The molecule has 6 heteroatoms. The lowest BCUT2D eigenvalue weighted by atomic mass is 9.57. The first-order valence-corrected chi connectivity index (χ1v) is 9.04. The summed E-state index contributed by atoms with van der Waals surface area (Å²) < 4.78 is 16.6. The molecule has 1 aliphatic heterocycles. The van der Waals surface area contributed by atoms with E-state index in [1.54, 1.807) is 7.11 Å². The number of ether oxygens (including phenoxy) is 3. The van der Waals surface area contributed by atoms with E-state index >= 15 is 0 Å². The number of rotatable bonds is 7. The number of carbonyl (C=O) groups excluding carboxylic acids is 1. The molecule has 2 N–H and O–H groups in total. The van der Waals surface area contributed by atoms with Crippen molar-refractivity contribution in [3.8, 4) is 5.75 Å². The van der Waals surface area contributed by atoms with Gasteiger partial charge in [-0.3, -0.25) is 4.79 Å². The first-order chi connectivity index (χ1) is 12.2. The van der Waals surface area contributed by atoms with Gasteiger partial charge in [0.2, 0.25) is 5.91 Å². The summed E-state index contributed by atoms with van der Waals surface area (Å²) in [5.41, 5.74) is 0.892. The van der Waals surface area contributed by atoms with Gasteiger partial charge in [0.15, 0.2) is 0 Å². The van der Waals surface area contributed by atoms with Crippen LogP contribution >= 0.6 is 0 Å². The molecule has 1 aliphatic carbocycles. The summed E-state index contributed by atoms with van der Waals surface area (Å²) >= 11 is 0. The van der Waals surface area contributed by atoms with Crippen molar-refractivity contribution in [1.82, 2.24) is 5.32 Å². The zero-order valence-electron chi connectivity index (χ0n) is 15.0. The predicted molar refractivity (Wildman–Crippen MR) is 95.9 cm³/mol. The maximum absolute atomic E-state index is 12.2. The minimum Gasteiger partial charge on any atom is -0.497 e. The monoisotopic (exact) mass is 348 g/mol. The summed E-state index contributed by atoms with van der Waals surface area (Å²) in [6.07, 6.45) is 3.23. The molecule has 6 nitrogen and oxygen atoms in total. The van der Waals surface area contributed by atoms with Crippen molar-refractivity contribution in [1.29, 1.82) is 0 Å². The molecule has 1 aromatic carbocycles. The van der Waals surface area contributed by atoms with Crippen LogP contribution in [-0.2, 0) is 14.3 Å². The molecule has 1 saturated heterocycles. The van der Waals surface area contributed by atoms with Crippen molar-refractivity contribution in [2.45, 2.75) is 38.3 Å². The average Bonchev–Trinajstić information content (AvgIpc) is 2.65. The van der Waals surface area contributed by atoms with E-state index < -0.39 is 0 Å². The van der Waals surface area contributed by atoms with Crippen molar-refractivity contribution in [3.05, 3.63) is 24.3 Å². The third-order valence-corrected chi connectivity index (χ3v) is 5.46. The third kappa shape index (κ3) is 3.97. The van der Waals surface area contributed by atoms with Gasteiger partial charge in [0, 0.05) is 37.0 Å². The normalized spacial score (nSPS) is 24.6. The van der Waals surface area contributed by atoms with Crippen LogP contribution in [0, 0.1) is 5.41 Å². The Balaban J connectivity index is 1.51. The van der Waals surface area contributed by atoms with E-state index in [1.807, 2.05) is 31.2 Å². The number of nitrogens with one attached hydrogen (secondary N) is 2. The molecule has 138 valence electrons. The second-order valence-corrected chi connectivity index (χ2v) is 6.74. The van der Waals surface area contributed by atoms with Gasteiger partial charge in [0.1, 0.15) is 5.75 Å². The van der Waals surface area contributed by atoms with E-state index in [-0.39, 0.29) is 17.4 Å². The summed E-state index contributed by atoms with van der Waals surface area (Å²) in [4.78, 5) is 12.2. The Kier molecular flexibility index (Phi) is 5.93. The standard InChI is InChI=1S/C19H28N2O4/c1-3-25-17-12-16(19(17)8-10-24-11-9-19)20-13-18(22)21-14-4-6-15(23-2)7-5-14/h4-7,16-17,20H,3,8-13H2,1-2H3,(H,21,22)/t16-,17+/m0/s1. The highest BCUT2D eigenvalue weighted by Crippen LogP contribution is 2.50. The van der Waals surface area contributed by atoms with Gasteiger partial charge in [0.25, 0.3) is 0 Å². The summed E-state index contributed by atoms with van der Waals surface area (Å²) in [7, 11) is 1.62. The Morgan fingerprint density at radius 1 is 1.28 bits per heavy atom. The molecule has 0 radical (unpaired) electrons. The lowest BCUT2D eigenvalue weighted by Crippen LogP contribution is -2.66. The molecule has 0 aromatic heterocycles. The van der Waals surface area contributed by atoms with E-state index in [2.05, 4.69) is 10.6 Å². The molecular weight excluding hydrogens is 320 g/mol. The summed E-state index contributed by atoms with van der Waals surface area (Å²) in [5.74, 6) is 0.737. The van der Waals surface area contributed by atoms with Crippen LogP contribution in [0.4, 0.5) is 5.69 Å². The number of hydrogen-bond donors (Lipinski definition) is 2. The molecular formula is C19H28N2O4. The van der Waals surface area contributed by atoms with Gasteiger partial charge in [-0.15, -0.1) is 0 Å². The van der Waals surface area contributed by atoms with Gasteiger partial charge < -0.3 is 24.8 Å². The van der Waals surface area contributed by atoms with E-state index in [4.69, 9.17) is 14.2 Å². The highest BCUT2D eigenvalue weighted by molar-refractivity contribution is 5.92. The molecule has 1 spiro atoms.